The summed E-state index contributed by atoms with van der Waals surface area (Å²) >= 11 is 0.936. The minimum Gasteiger partial charge on any atom is -0.477 e. The van der Waals surface area contributed by atoms with Crippen molar-refractivity contribution in [3.63, 3.8) is 0 Å². The summed E-state index contributed by atoms with van der Waals surface area (Å²) in [5.74, 6) is -0.866. The molecule has 0 atom stereocenters. The third-order valence-electron chi connectivity index (χ3n) is 2.69. The van der Waals surface area contributed by atoms with Gasteiger partial charge in [0.05, 0.1) is 0 Å². The predicted molar refractivity (Wildman–Crippen MR) is 75.8 cm³/mol. The Morgan fingerprint density at radius 1 is 1.40 bits per heavy atom. The lowest BCUT2D eigenvalue weighted by atomic mass is 10.4. The van der Waals surface area contributed by atoms with Crippen molar-refractivity contribution in [2.24, 2.45) is 0 Å². The number of pyridine rings is 1. The van der Waals surface area contributed by atoms with Gasteiger partial charge in [-0.1, -0.05) is 6.07 Å². The molecule has 0 amide bonds. The summed E-state index contributed by atoms with van der Waals surface area (Å²) in [4.78, 5) is 15.3. The Bertz CT molecular complexity index is 738. The smallest absolute Gasteiger partial charge is 0.345 e. The molecular formula is C12H12N2O4S2. The van der Waals surface area contributed by atoms with E-state index in [1.807, 2.05) is 0 Å². The van der Waals surface area contributed by atoms with E-state index < -0.39 is 16.0 Å². The van der Waals surface area contributed by atoms with Crippen LogP contribution in [0.3, 0.4) is 0 Å². The highest BCUT2D eigenvalue weighted by Crippen LogP contribution is 2.29. The minimum absolute atomic E-state index is 0.00417. The van der Waals surface area contributed by atoms with Gasteiger partial charge in [0.2, 0.25) is 0 Å². The van der Waals surface area contributed by atoms with Gasteiger partial charge < -0.3 is 5.11 Å². The number of hydrogen-bond donors (Lipinski definition) is 1. The Balaban J connectivity index is 2.48. The number of nitrogens with zero attached hydrogens (tertiary/aromatic N) is 2. The van der Waals surface area contributed by atoms with Crippen LogP contribution in [0.5, 0.6) is 0 Å². The van der Waals surface area contributed by atoms with Crippen molar-refractivity contribution in [3.8, 4) is 0 Å². The Morgan fingerprint density at radius 2 is 2.10 bits per heavy atom. The van der Waals surface area contributed by atoms with E-state index in [0.29, 0.717) is 4.88 Å². The van der Waals surface area contributed by atoms with Gasteiger partial charge in [-0.25, -0.2) is 18.2 Å². The maximum atomic E-state index is 12.5. The fourth-order valence-electron chi connectivity index (χ4n) is 1.64. The summed E-state index contributed by atoms with van der Waals surface area (Å²) in [6.07, 6.45) is 1.49. The fourth-order valence-corrected chi connectivity index (χ4v) is 4.19. The first-order valence-corrected chi connectivity index (χ1v) is 7.83. The predicted octanol–water partition coefficient (Wildman–Crippen LogP) is 1.97. The van der Waals surface area contributed by atoms with E-state index in [-0.39, 0.29) is 15.6 Å². The Kier molecular flexibility index (Phi) is 3.78. The first-order valence-electron chi connectivity index (χ1n) is 5.57. The summed E-state index contributed by atoms with van der Waals surface area (Å²) < 4.78 is 26.0. The molecular weight excluding hydrogens is 300 g/mol. The zero-order valence-electron chi connectivity index (χ0n) is 10.8. The highest BCUT2D eigenvalue weighted by molar-refractivity contribution is 7.93. The normalized spacial score (nSPS) is 11.3. The molecule has 2 aromatic rings. The number of carboxylic acid groups (broad SMARTS) is 1. The van der Waals surface area contributed by atoms with Crippen molar-refractivity contribution in [2.45, 2.75) is 11.8 Å². The average molecular weight is 312 g/mol. The summed E-state index contributed by atoms with van der Waals surface area (Å²) in [6.45, 7) is 1.58. The zero-order valence-corrected chi connectivity index (χ0v) is 12.4. The van der Waals surface area contributed by atoms with Crippen molar-refractivity contribution >= 4 is 33.1 Å². The molecule has 2 heterocycles. The van der Waals surface area contributed by atoms with Crippen LogP contribution < -0.4 is 4.31 Å². The van der Waals surface area contributed by atoms with Crippen LogP contribution in [0.4, 0.5) is 5.82 Å². The number of hydrogen-bond acceptors (Lipinski definition) is 5. The van der Waals surface area contributed by atoms with Crippen molar-refractivity contribution in [1.82, 2.24) is 4.98 Å². The highest BCUT2D eigenvalue weighted by atomic mass is 32.2. The number of anilines is 1. The second-order valence-electron chi connectivity index (χ2n) is 4.00. The molecule has 0 radical (unpaired) electrons. The van der Waals surface area contributed by atoms with E-state index in [9.17, 15) is 13.2 Å². The van der Waals surface area contributed by atoms with Crippen LogP contribution in [0.2, 0.25) is 0 Å². The number of aromatic nitrogens is 1. The lowest BCUT2D eigenvalue weighted by molar-refractivity contribution is 0.0702. The van der Waals surface area contributed by atoms with Gasteiger partial charge in [-0.15, -0.1) is 11.3 Å². The molecule has 6 nitrogen and oxygen atoms in total. The number of rotatable bonds is 4. The molecule has 0 spiro atoms. The molecule has 8 heteroatoms. The molecule has 2 aromatic heterocycles. The van der Waals surface area contributed by atoms with Crippen molar-refractivity contribution < 1.29 is 18.3 Å². The molecule has 0 aliphatic rings. The van der Waals surface area contributed by atoms with Crippen LogP contribution in [0.25, 0.3) is 0 Å². The molecule has 0 aliphatic heterocycles. The van der Waals surface area contributed by atoms with Gasteiger partial charge in [-0.3, -0.25) is 4.31 Å². The molecule has 0 unspecified atom stereocenters. The second kappa shape index (κ2) is 5.22. The van der Waals surface area contributed by atoms with Gasteiger partial charge in [0.1, 0.15) is 15.6 Å². The monoisotopic (exact) mass is 312 g/mol. The number of carbonyl (C=O) groups is 1. The van der Waals surface area contributed by atoms with Crippen molar-refractivity contribution in [3.05, 3.63) is 40.2 Å². The van der Waals surface area contributed by atoms with Gasteiger partial charge in [0, 0.05) is 18.1 Å². The summed E-state index contributed by atoms with van der Waals surface area (Å²) in [7, 11) is -2.43. The van der Waals surface area contributed by atoms with Gasteiger partial charge in [-0.2, -0.15) is 0 Å². The van der Waals surface area contributed by atoms with Crippen LogP contribution >= 0.6 is 11.3 Å². The third kappa shape index (κ3) is 2.52. The zero-order chi connectivity index (χ0) is 14.9. The first kappa shape index (κ1) is 14.5. The van der Waals surface area contributed by atoms with Crippen LogP contribution in [0.15, 0.2) is 35.4 Å². The molecule has 2 rings (SSSR count). The van der Waals surface area contributed by atoms with Crippen molar-refractivity contribution in [1.29, 1.82) is 0 Å². The van der Waals surface area contributed by atoms with E-state index >= 15 is 0 Å². The molecule has 20 heavy (non-hydrogen) atoms. The van der Waals surface area contributed by atoms with E-state index in [1.54, 1.807) is 25.1 Å². The fraction of sp³-hybridized carbons (Fsp3) is 0.167. The number of aromatic carboxylic acids is 1. The van der Waals surface area contributed by atoms with Crippen LogP contribution in [0, 0.1) is 6.92 Å². The molecule has 0 saturated heterocycles. The standard InChI is InChI=1S/C12H12N2O4S2/c1-8-10(7-9(19-8)12(15)16)20(17,18)14(2)11-5-3-4-6-13-11/h3-7H,1-2H3,(H,15,16). The molecule has 0 aromatic carbocycles. The lowest BCUT2D eigenvalue weighted by Gasteiger charge is -2.17. The van der Waals surface area contributed by atoms with E-state index in [4.69, 9.17) is 5.11 Å². The molecule has 1 N–H and O–H groups in total. The first-order chi connectivity index (χ1) is 9.34. The summed E-state index contributed by atoms with van der Waals surface area (Å²) in [5, 5.41) is 8.93. The third-order valence-corrected chi connectivity index (χ3v) is 5.75. The highest BCUT2D eigenvalue weighted by Gasteiger charge is 2.27. The van der Waals surface area contributed by atoms with E-state index in [2.05, 4.69) is 4.98 Å². The largest absolute Gasteiger partial charge is 0.477 e. The van der Waals surface area contributed by atoms with Crippen molar-refractivity contribution in [2.75, 3.05) is 11.4 Å². The quantitative estimate of drug-likeness (QED) is 0.932. The lowest BCUT2D eigenvalue weighted by Crippen LogP contribution is -2.27. The number of carboxylic acids is 1. The number of sulfonamides is 1. The Labute approximate surface area is 120 Å². The van der Waals surface area contributed by atoms with E-state index in [0.717, 1.165) is 15.6 Å². The molecule has 0 saturated carbocycles. The second-order valence-corrected chi connectivity index (χ2v) is 7.19. The summed E-state index contributed by atoms with van der Waals surface area (Å²) in [5.41, 5.74) is 0. The topological polar surface area (TPSA) is 87.6 Å². The van der Waals surface area contributed by atoms with Gasteiger partial charge in [0.25, 0.3) is 10.0 Å². The van der Waals surface area contributed by atoms with Crippen LogP contribution in [0.1, 0.15) is 14.5 Å². The average Bonchev–Trinajstić information content (AvgIpc) is 2.82. The molecule has 0 bridgehead atoms. The van der Waals surface area contributed by atoms with Crippen LogP contribution in [-0.2, 0) is 10.0 Å². The maximum Gasteiger partial charge on any atom is 0.345 e. The summed E-state index contributed by atoms with van der Waals surface area (Å²) in [6, 6.07) is 6.11. The molecule has 0 fully saturated rings. The van der Waals surface area contributed by atoms with E-state index in [1.165, 1.54) is 19.3 Å². The minimum atomic E-state index is -3.82. The Hall–Kier alpha value is -1.93. The maximum absolute atomic E-state index is 12.5. The number of thiophene rings is 1. The molecule has 0 aliphatic carbocycles. The SMILES string of the molecule is Cc1sc(C(=O)O)cc1S(=O)(=O)N(C)c1ccccn1. The van der Waals surface area contributed by atoms with Gasteiger partial charge in [0.15, 0.2) is 0 Å². The Morgan fingerprint density at radius 3 is 2.60 bits per heavy atom. The van der Waals surface area contributed by atoms with Crippen LogP contribution in [-0.4, -0.2) is 31.5 Å². The van der Waals surface area contributed by atoms with Gasteiger partial charge in [-0.05, 0) is 25.1 Å². The number of aryl methyl sites for hydroxylation is 1. The van der Waals surface area contributed by atoms with Gasteiger partial charge >= 0.3 is 5.97 Å². The molecule has 106 valence electrons.